The van der Waals surface area contributed by atoms with Gasteiger partial charge in [0.25, 0.3) is 0 Å². The molecule has 2 fully saturated rings. The highest BCUT2D eigenvalue weighted by atomic mass is 16.5. The van der Waals surface area contributed by atoms with Gasteiger partial charge in [0.05, 0.1) is 17.9 Å². The second-order valence-electron chi connectivity index (χ2n) is 7.49. The highest BCUT2D eigenvalue weighted by Crippen LogP contribution is 2.23. The van der Waals surface area contributed by atoms with E-state index in [1.807, 2.05) is 22.9 Å². The van der Waals surface area contributed by atoms with Crippen molar-refractivity contribution in [3.63, 3.8) is 0 Å². The minimum atomic E-state index is 0.0852. The van der Waals surface area contributed by atoms with E-state index in [0.717, 1.165) is 63.2 Å². The first-order chi connectivity index (χ1) is 13.3. The van der Waals surface area contributed by atoms with Gasteiger partial charge >= 0.3 is 0 Å². The summed E-state index contributed by atoms with van der Waals surface area (Å²) < 4.78 is 7.46. The maximum Gasteiger partial charge on any atom is 0.224 e. The Morgan fingerprint density at radius 1 is 1.22 bits per heavy atom. The second-order valence-corrected chi connectivity index (χ2v) is 7.49. The topological polar surface area (TPSA) is 59.4 Å². The van der Waals surface area contributed by atoms with Crippen LogP contribution in [0, 0.1) is 5.92 Å². The van der Waals surface area contributed by atoms with Gasteiger partial charge in [-0.1, -0.05) is 18.2 Å². The quantitative estimate of drug-likeness (QED) is 0.880. The molecule has 6 heteroatoms. The normalized spacial score (nSPS) is 21.9. The fraction of sp³-hybridized carbons (Fsp3) is 0.524. The van der Waals surface area contributed by atoms with Crippen LogP contribution in [0.3, 0.4) is 0 Å². The lowest BCUT2D eigenvalue weighted by molar-refractivity contribution is -0.127. The molecule has 1 aromatic heterocycles. The minimum Gasteiger partial charge on any atom is -0.381 e. The Bertz CT molecular complexity index is 740. The van der Waals surface area contributed by atoms with Crippen LogP contribution < -0.4 is 5.32 Å². The van der Waals surface area contributed by atoms with E-state index < -0.39 is 0 Å². The molecule has 1 N–H and O–H groups in total. The van der Waals surface area contributed by atoms with Gasteiger partial charge in [0.2, 0.25) is 5.91 Å². The Hall–Kier alpha value is -2.18. The van der Waals surface area contributed by atoms with E-state index in [1.165, 1.54) is 0 Å². The zero-order valence-electron chi connectivity index (χ0n) is 15.7. The predicted octanol–water partition coefficient (Wildman–Crippen LogP) is 2.38. The van der Waals surface area contributed by atoms with Crippen molar-refractivity contribution < 1.29 is 9.53 Å². The number of rotatable bonds is 5. The number of aromatic nitrogens is 2. The van der Waals surface area contributed by atoms with Crippen LogP contribution in [0.5, 0.6) is 0 Å². The molecule has 27 heavy (non-hydrogen) atoms. The fourth-order valence-corrected chi connectivity index (χ4v) is 4.24. The highest BCUT2D eigenvalue weighted by molar-refractivity contribution is 5.79. The SMILES string of the molecule is O=C(NCc1ccccc1-n1ccnc1)C1CCCN(C2CCOCC2)C1. The molecule has 1 unspecified atom stereocenters. The van der Waals surface area contributed by atoms with Gasteiger partial charge in [0, 0.05) is 44.7 Å². The summed E-state index contributed by atoms with van der Waals surface area (Å²) in [6.07, 6.45) is 9.73. The monoisotopic (exact) mass is 368 g/mol. The first-order valence-corrected chi connectivity index (χ1v) is 9.97. The van der Waals surface area contributed by atoms with E-state index in [4.69, 9.17) is 4.74 Å². The molecule has 0 aliphatic carbocycles. The van der Waals surface area contributed by atoms with Gasteiger partial charge in [-0.2, -0.15) is 0 Å². The summed E-state index contributed by atoms with van der Waals surface area (Å²) in [5.74, 6) is 0.259. The summed E-state index contributed by atoms with van der Waals surface area (Å²) in [5.41, 5.74) is 2.16. The van der Waals surface area contributed by atoms with Crippen LogP contribution >= 0.6 is 0 Å². The number of nitrogens with one attached hydrogen (secondary N) is 1. The Labute approximate surface area is 160 Å². The number of nitrogens with zero attached hydrogens (tertiary/aromatic N) is 3. The Morgan fingerprint density at radius 3 is 2.89 bits per heavy atom. The first kappa shape index (κ1) is 18.2. The molecular formula is C21H28N4O2. The van der Waals surface area contributed by atoms with Crippen LogP contribution in [0.1, 0.15) is 31.2 Å². The fourth-order valence-electron chi connectivity index (χ4n) is 4.24. The molecule has 2 aliphatic heterocycles. The van der Waals surface area contributed by atoms with Crippen LogP contribution in [0.4, 0.5) is 0 Å². The third-order valence-corrected chi connectivity index (χ3v) is 5.76. The molecule has 4 rings (SSSR count). The van der Waals surface area contributed by atoms with Gasteiger partial charge in [-0.3, -0.25) is 9.69 Å². The molecule has 144 valence electrons. The van der Waals surface area contributed by atoms with Crippen molar-refractivity contribution >= 4 is 5.91 Å². The number of piperidine rings is 1. The molecular weight excluding hydrogens is 340 g/mol. The van der Waals surface area contributed by atoms with Crippen molar-refractivity contribution in [2.45, 2.75) is 38.3 Å². The van der Waals surface area contributed by atoms with Crippen LogP contribution in [0.15, 0.2) is 43.0 Å². The van der Waals surface area contributed by atoms with Crippen molar-refractivity contribution in [3.8, 4) is 5.69 Å². The number of likely N-dealkylation sites (tertiary alicyclic amines) is 1. The number of benzene rings is 1. The smallest absolute Gasteiger partial charge is 0.224 e. The van der Waals surface area contributed by atoms with Crippen molar-refractivity contribution in [2.75, 3.05) is 26.3 Å². The number of amides is 1. The zero-order chi connectivity index (χ0) is 18.5. The average Bonchev–Trinajstić information content (AvgIpc) is 3.28. The molecule has 3 heterocycles. The molecule has 0 radical (unpaired) electrons. The van der Waals surface area contributed by atoms with Crippen molar-refractivity contribution in [3.05, 3.63) is 48.5 Å². The molecule has 2 aliphatic rings. The summed E-state index contributed by atoms with van der Waals surface area (Å²) in [4.78, 5) is 19.4. The number of hydrogen-bond acceptors (Lipinski definition) is 4. The summed E-state index contributed by atoms with van der Waals surface area (Å²) >= 11 is 0. The zero-order valence-corrected chi connectivity index (χ0v) is 15.7. The molecule has 1 amide bonds. The Kier molecular flexibility index (Phi) is 5.84. The van der Waals surface area contributed by atoms with Gasteiger partial charge in [-0.05, 0) is 43.9 Å². The predicted molar refractivity (Wildman–Crippen MR) is 104 cm³/mol. The number of imidazole rings is 1. The summed E-state index contributed by atoms with van der Waals surface area (Å²) in [7, 11) is 0. The van der Waals surface area contributed by atoms with E-state index in [2.05, 4.69) is 27.3 Å². The maximum atomic E-state index is 12.8. The van der Waals surface area contributed by atoms with Crippen LogP contribution in [-0.4, -0.2) is 52.7 Å². The number of carbonyl (C=O) groups is 1. The Morgan fingerprint density at radius 2 is 2.07 bits per heavy atom. The van der Waals surface area contributed by atoms with Gasteiger partial charge in [-0.15, -0.1) is 0 Å². The lowest BCUT2D eigenvalue weighted by Crippen LogP contribution is -2.48. The molecule has 6 nitrogen and oxygen atoms in total. The third kappa shape index (κ3) is 4.39. The number of hydrogen-bond donors (Lipinski definition) is 1. The third-order valence-electron chi connectivity index (χ3n) is 5.76. The van der Waals surface area contributed by atoms with Gasteiger partial charge in [0.15, 0.2) is 0 Å². The van der Waals surface area contributed by atoms with E-state index in [9.17, 15) is 4.79 Å². The summed E-state index contributed by atoms with van der Waals surface area (Å²) in [6, 6.07) is 8.71. The average molecular weight is 368 g/mol. The highest BCUT2D eigenvalue weighted by Gasteiger charge is 2.30. The van der Waals surface area contributed by atoms with Gasteiger partial charge in [-0.25, -0.2) is 4.98 Å². The molecule has 1 atom stereocenters. The molecule has 1 aromatic carbocycles. The standard InChI is InChI=1S/C21H28N4O2/c26-21(18-5-3-10-24(15-18)19-7-12-27-13-8-19)23-14-17-4-1-2-6-20(17)25-11-9-22-16-25/h1-2,4,6,9,11,16,18-19H,3,5,7-8,10,12-15H2,(H,23,26). The van der Waals surface area contributed by atoms with E-state index in [1.54, 1.807) is 12.5 Å². The van der Waals surface area contributed by atoms with Crippen molar-refractivity contribution in [2.24, 2.45) is 5.92 Å². The molecule has 0 bridgehead atoms. The van der Waals surface area contributed by atoms with Crippen LogP contribution in [0.25, 0.3) is 5.69 Å². The lowest BCUT2D eigenvalue weighted by Gasteiger charge is -2.39. The van der Waals surface area contributed by atoms with Gasteiger partial charge < -0.3 is 14.6 Å². The van der Waals surface area contributed by atoms with Crippen molar-refractivity contribution in [1.29, 1.82) is 0 Å². The number of para-hydroxylation sites is 1. The maximum absolute atomic E-state index is 12.8. The second kappa shape index (κ2) is 8.67. The summed E-state index contributed by atoms with van der Waals surface area (Å²) in [5, 5.41) is 3.17. The molecule has 2 aromatic rings. The van der Waals surface area contributed by atoms with Crippen LogP contribution in [0.2, 0.25) is 0 Å². The van der Waals surface area contributed by atoms with Gasteiger partial charge in [0.1, 0.15) is 0 Å². The number of ether oxygens (including phenoxy) is 1. The van der Waals surface area contributed by atoms with Crippen molar-refractivity contribution in [1.82, 2.24) is 19.8 Å². The minimum absolute atomic E-state index is 0.0852. The van der Waals surface area contributed by atoms with E-state index in [0.29, 0.717) is 12.6 Å². The van der Waals surface area contributed by atoms with E-state index in [-0.39, 0.29) is 11.8 Å². The first-order valence-electron chi connectivity index (χ1n) is 9.97. The molecule has 0 saturated carbocycles. The Balaban J connectivity index is 1.36. The largest absolute Gasteiger partial charge is 0.381 e. The lowest BCUT2D eigenvalue weighted by atomic mass is 9.94. The van der Waals surface area contributed by atoms with Crippen LogP contribution in [-0.2, 0) is 16.1 Å². The molecule has 2 saturated heterocycles. The summed E-state index contributed by atoms with van der Waals surface area (Å²) in [6.45, 7) is 4.23. The van der Waals surface area contributed by atoms with E-state index >= 15 is 0 Å². The molecule has 0 spiro atoms. The number of carbonyl (C=O) groups excluding carboxylic acids is 1.